The molecule has 1 saturated heterocycles. The standard InChI is InChI=1S/C15H23N3O2/c1-12(11-18-7-9-20-10-8-18)17-15(19)13-3-5-14(16-2)6-4-13/h3-6,12,16H,7-11H2,1-2H3,(H,17,19). The summed E-state index contributed by atoms with van der Waals surface area (Å²) in [6, 6.07) is 7.61. The van der Waals surface area contributed by atoms with Crippen molar-refractivity contribution in [3.8, 4) is 0 Å². The number of carbonyl (C=O) groups excluding carboxylic acids is 1. The van der Waals surface area contributed by atoms with E-state index < -0.39 is 0 Å². The molecule has 2 rings (SSSR count). The Bertz CT molecular complexity index is 427. The summed E-state index contributed by atoms with van der Waals surface area (Å²) in [4.78, 5) is 14.4. The average molecular weight is 277 g/mol. The van der Waals surface area contributed by atoms with E-state index in [1.165, 1.54) is 0 Å². The Labute approximate surface area is 120 Å². The molecule has 1 aliphatic rings. The number of benzene rings is 1. The Morgan fingerprint density at radius 1 is 1.30 bits per heavy atom. The van der Waals surface area contributed by atoms with E-state index in [9.17, 15) is 4.79 Å². The van der Waals surface area contributed by atoms with E-state index in [-0.39, 0.29) is 11.9 Å². The van der Waals surface area contributed by atoms with Gasteiger partial charge in [0.1, 0.15) is 0 Å². The smallest absolute Gasteiger partial charge is 0.251 e. The first kappa shape index (κ1) is 14.8. The van der Waals surface area contributed by atoms with Gasteiger partial charge in [-0.25, -0.2) is 0 Å². The van der Waals surface area contributed by atoms with Crippen LogP contribution in [0.4, 0.5) is 5.69 Å². The second-order valence-corrected chi connectivity index (χ2v) is 5.11. The Kier molecular flexibility index (Phi) is 5.38. The van der Waals surface area contributed by atoms with Crippen molar-refractivity contribution in [2.75, 3.05) is 45.2 Å². The van der Waals surface area contributed by atoms with Crippen LogP contribution in [0, 0.1) is 0 Å². The summed E-state index contributed by atoms with van der Waals surface area (Å²) < 4.78 is 5.32. The van der Waals surface area contributed by atoms with Crippen LogP contribution in [0.15, 0.2) is 24.3 Å². The minimum atomic E-state index is -0.0200. The number of amides is 1. The molecule has 0 aliphatic carbocycles. The van der Waals surface area contributed by atoms with Crippen molar-refractivity contribution in [1.29, 1.82) is 0 Å². The van der Waals surface area contributed by atoms with Crippen LogP contribution in [-0.4, -0.2) is 56.7 Å². The first-order chi connectivity index (χ1) is 9.69. The predicted octanol–water partition coefficient (Wildman–Crippen LogP) is 1.18. The number of morpholine rings is 1. The zero-order valence-electron chi connectivity index (χ0n) is 12.2. The third-order valence-electron chi connectivity index (χ3n) is 3.45. The summed E-state index contributed by atoms with van der Waals surface area (Å²) in [6.07, 6.45) is 0. The van der Waals surface area contributed by atoms with Crippen LogP contribution in [0.2, 0.25) is 0 Å². The summed E-state index contributed by atoms with van der Waals surface area (Å²) in [5.74, 6) is -0.0200. The maximum Gasteiger partial charge on any atom is 0.251 e. The van der Waals surface area contributed by atoms with E-state index in [4.69, 9.17) is 4.74 Å². The maximum atomic E-state index is 12.1. The van der Waals surface area contributed by atoms with Crippen LogP contribution in [-0.2, 0) is 4.74 Å². The Hall–Kier alpha value is -1.59. The molecule has 1 aromatic rings. The van der Waals surface area contributed by atoms with Gasteiger partial charge in [0, 0.05) is 44.0 Å². The van der Waals surface area contributed by atoms with Crippen molar-refractivity contribution < 1.29 is 9.53 Å². The van der Waals surface area contributed by atoms with Gasteiger partial charge in [0.15, 0.2) is 0 Å². The molecule has 5 heteroatoms. The number of anilines is 1. The van der Waals surface area contributed by atoms with Crippen molar-refractivity contribution >= 4 is 11.6 Å². The van der Waals surface area contributed by atoms with E-state index in [1.54, 1.807) is 0 Å². The quantitative estimate of drug-likeness (QED) is 0.848. The largest absolute Gasteiger partial charge is 0.388 e. The summed E-state index contributed by atoms with van der Waals surface area (Å²) in [5.41, 5.74) is 1.70. The van der Waals surface area contributed by atoms with Crippen molar-refractivity contribution in [2.45, 2.75) is 13.0 Å². The lowest BCUT2D eigenvalue weighted by molar-refractivity contribution is 0.0342. The van der Waals surface area contributed by atoms with Crippen molar-refractivity contribution in [3.63, 3.8) is 0 Å². The molecule has 1 amide bonds. The van der Waals surface area contributed by atoms with Crippen LogP contribution in [0.1, 0.15) is 17.3 Å². The normalized spacial score (nSPS) is 17.5. The molecule has 110 valence electrons. The molecule has 0 saturated carbocycles. The van der Waals surface area contributed by atoms with Gasteiger partial charge in [-0.05, 0) is 31.2 Å². The minimum Gasteiger partial charge on any atom is -0.388 e. The Balaban J connectivity index is 1.82. The van der Waals surface area contributed by atoms with Crippen LogP contribution in [0.5, 0.6) is 0 Å². The molecule has 1 unspecified atom stereocenters. The number of rotatable bonds is 5. The monoisotopic (exact) mass is 277 g/mol. The summed E-state index contributed by atoms with van der Waals surface area (Å²) in [7, 11) is 1.86. The van der Waals surface area contributed by atoms with Crippen molar-refractivity contribution in [1.82, 2.24) is 10.2 Å². The molecule has 0 bridgehead atoms. The topological polar surface area (TPSA) is 53.6 Å². The zero-order chi connectivity index (χ0) is 14.4. The second-order valence-electron chi connectivity index (χ2n) is 5.11. The lowest BCUT2D eigenvalue weighted by Crippen LogP contribution is -2.46. The van der Waals surface area contributed by atoms with Gasteiger partial charge >= 0.3 is 0 Å². The highest BCUT2D eigenvalue weighted by atomic mass is 16.5. The van der Waals surface area contributed by atoms with Gasteiger partial charge in [-0.15, -0.1) is 0 Å². The number of nitrogens with one attached hydrogen (secondary N) is 2. The minimum absolute atomic E-state index is 0.0200. The number of hydrogen-bond donors (Lipinski definition) is 2. The molecule has 0 radical (unpaired) electrons. The van der Waals surface area contributed by atoms with Crippen LogP contribution < -0.4 is 10.6 Å². The molecule has 1 aliphatic heterocycles. The number of ether oxygens (including phenoxy) is 1. The molecular weight excluding hydrogens is 254 g/mol. The first-order valence-corrected chi connectivity index (χ1v) is 7.08. The highest BCUT2D eigenvalue weighted by molar-refractivity contribution is 5.94. The Morgan fingerprint density at radius 3 is 2.55 bits per heavy atom. The molecule has 0 aromatic heterocycles. The van der Waals surface area contributed by atoms with Gasteiger partial charge in [-0.1, -0.05) is 0 Å². The van der Waals surface area contributed by atoms with Gasteiger partial charge < -0.3 is 15.4 Å². The highest BCUT2D eigenvalue weighted by Crippen LogP contribution is 2.08. The fourth-order valence-electron chi connectivity index (χ4n) is 2.31. The summed E-state index contributed by atoms with van der Waals surface area (Å²) in [5, 5.41) is 6.08. The van der Waals surface area contributed by atoms with Gasteiger partial charge in [-0.2, -0.15) is 0 Å². The molecule has 2 N–H and O–H groups in total. The van der Waals surface area contributed by atoms with Gasteiger partial charge in [0.05, 0.1) is 13.2 Å². The van der Waals surface area contributed by atoms with Crippen LogP contribution >= 0.6 is 0 Å². The molecule has 1 aromatic carbocycles. The van der Waals surface area contributed by atoms with Gasteiger partial charge in [0.25, 0.3) is 5.91 Å². The average Bonchev–Trinajstić information content (AvgIpc) is 2.48. The second kappa shape index (κ2) is 7.26. The lowest BCUT2D eigenvalue weighted by Gasteiger charge is -2.29. The predicted molar refractivity (Wildman–Crippen MR) is 80.2 cm³/mol. The number of nitrogens with zero attached hydrogens (tertiary/aromatic N) is 1. The van der Waals surface area contributed by atoms with E-state index in [1.807, 2.05) is 38.2 Å². The molecule has 5 nitrogen and oxygen atoms in total. The summed E-state index contributed by atoms with van der Waals surface area (Å²) >= 11 is 0. The molecule has 20 heavy (non-hydrogen) atoms. The molecule has 0 spiro atoms. The van der Waals surface area contributed by atoms with Crippen LogP contribution in [0.25, 0.3) is 0 Å². The molecule has 1 heterocycles. The van der Waals surface area contributed by atoms with E-state index in [2.05, 4.69) is 15.5 Å². The molecule has 1 atom stereocenters. The highest BCUT2D eigenvalue weighted by Gasteiger charge is 2.15. The maximum absolute atomic E-state index is 12.1. The first-order valence-electron chi connectivity index (χ1n) is 7.08. The SMILES string of the molecule is CNc1ccc(C(=O)NC(C)CN2CCOCC2)cc1. The van der Waals surface area contributed by atoms with Crippen molar-refractivity contribution in [2.24, 2.45) is 0 Å². The molecular formula is C15H23N3O2. The van der Waals surface area contributed by atoms with E-state index >= 15 is 0 Å². The number of carbonyl (C=O) groups is 1. The third kappa shape index (κ3) is 4.21. The number of hydrogen-bond acceptors (Lipinski definition) is 4. The van der Waals surface area contributed by atoms with Gasteiger partial charge in [-0.3, -0.25) is 9.69 Å². The Morgan fingerprint density at radius 2 is 1.95 bits per heavy atom. The van der Waals surface area contributed by atoms with Crippen LogP contribution in [0.3, 0.4) is 0 Å². The third-order valence-corrected chi connectivity index (χ3v) is 3.45. The fourth-order valence-corrected chi connectivity index (χ4v) is 2.31. The van der Waals surface area contributed by atoms with E-state index in [0.717, 1.165) is 38.5 Å². The molecule has 1 fully saturated rings. The summed E-state index contributed by atoms with van der Waals surface area (Å²) in [6.45, 7) is 6.35. The lowest BCUT2D eigenvalue weighted by atomic mass is 10.1. The zero-order valence-corrected chi connectivity index (χ0v) is 12.2. The van der Waals surface area contributed by atoms with E-state index in [0.29, 0.717) is 5.56 Å². The van der Waals surface area contributed by atoms with Gasteiger partial charge in [0.2, 0.25) is 0 Å². The fraction of sp³-hybridized carbons (Fsp3) is 0.533. The van der Waals surface area contributed by atoms with Crippen molar-refractivity contribution in [3.05, 3.63) is 29.8 Å².